The van der Waals surface area contributed by atoms with Crippen molar-refractivity contribution in [2.45, 2.75) is 32.0 Å². The molecule has 1 unspecified atom stereocenters. The Morgan fingerprint density at radius 1 is 1.08 bits per heavy atom. The summed E-state index contributed by atoms with van der Waals surface area (Å²) < 4.78 is 44.7. The van der Waals surface area contributed by atoms with E-state index >= 15 is 0 Å². The summed E-state index contributed by atoms with van der Waals surface area (Å²) in [6.45, 7) is 1.18. The number of anilines is 1. The Balaban J connectivity index is 1.65. The van der Waals surface area contributed by atoms with Crippen LogP contribution in [0.1, 0.15) is 33.8 Å². The molecule has 3 aromatic rings. The molecule has 206 valence electrons. The number of carbonyl (C=O) groups excluding carboxylic acids is 2. The van der Waals surface area contributed by atoms with Crippen LogP contribution >= 0.6 is 11.6 Å². The van der Waals surface area contributed by atoms with E-state index in [1.165, 1.54) is 24.3 Å². The molecule has 2 aromatic carbocycles. The Morgan fingerprint density at radius 3 is 2.36 bits per heavy atom. The fraction of sp³-hybridized carbons (Fsp3) is 0.321. The minimum absolute atomic E-state index is 0.0123. The molecule has 2 amide bonds. The molecule has 0 bridgehead atoms. The van der Waals surface area contributed by atoms with Crippen molar-refractivity contribution in [1.29, 1.82) is 0 Å². The molecular weight excluding hydrogens is 535 g/mol. The van der Waals surface area contributed by atoms with Gasteiger partial charge in [0.2, 0.25) is 5.91 Å². The van der Waals surface area contributed by atoms with Crippen molar-refractivity contribution < 1.29 is 27.5 Å². The summed E-state index contributed by atoms with van der Waals surface area (Å²) >= 11 is 5.90. The topological polar surface area (TPSA) is 80.6 Å². The molecule has 11 heteroatoms. The lowest BCUT2D eigenvalue weighted by Crippen LogP contribution is -2.38. The third kappa shape index (κ3) is 6.44. The SMILES string of the molecule is COc1ccc([C@@H]2CN(c3c(C)ccn(CCC(F)(F)F)c3=O)C(=O)C2CNC(=O)c2ccc(Cl)cc2)cc1. The summed E-state index contributed by atoms with van der Waals surface area (Å²) in [4.78, 5) is 41.1. The number of nitrogens with one attached hydrogen (secondary N) is 1. The zero-order chi connectivity index (χ0) is 28.3. The van der Waals surface area contributed by atoms with Crippen LogP contribution in [0, 0.1) is 12.8 Å². The number of hydrogen-bond donors (Lipinski definition) is 1. The number of hydrogen-bond acceptors (Lipinski definition) is 4. The molecule has 0 saturated carbocycles. The summed E-state index contributed by atoms with van der Waals surface area (Å²) in [6, 6.07) is 15.0. The second kappa shape index (κ2) is 11.5. The van der Waals surface area contributed by atoms with Gasteiger partial charge in [0.25, 0.3) is 11.5 Å². The molecule has 7 nitrogen and oxygen atoms in total. The van der Waals surface area contributed by atoms with E-state index in [0.717, 1.165) is 10.1 Å². The van der Waals surface area contributed by atoms with Crippen LogP contribution in [0.4, 0.5) is 18.9 Å². The average molecular weight is 562 g/mol. The number of methoxy groups -OCH3 is 1. The van der Waals surface area contributed by atoms with Gasteiger partial charge in [0.05, 0.1) is 19.4 Å². The van der Waals surface area contributed by atoms with E-state index in [1.807, 2.05) is 12.1 Å². The van der Waals surface area contributed by atoms with Crippen molar-refractivity contribution in [3.63, 3.8) is 0 Å². The summed E-state index contributed by atoms with van der Waals surface area (Å²) in [5.74, 6) is -1.30. The predicted molar refractivity (Wildman–Crippen MR) is 141 cm³/mol. The van der Waals surface area contributed by atoms with Crippen LogP contribution in [0.3, 0.4) is 0 Å². The van der Waals surface area contributed by atoms with Gasteiger partial charge in [-0.15, -0.1) is 0 Å². The first-order valence-corrected chi connectivity index (χ1v) is 12.6. The number of ether oxygens (including phenoxy) is 1. The van der Waals surface area contributed by atoms with Crippen molar-refractivity contribution in [1.82, 2.24) is 9.88 Å². The number of amides is 2. The second-order valence-corrected chi connectivity index (χ2v) is 9.80. The molecule has 4 rings (SSSR count). The maximum absolute atomic E-state index is 13.7. The molecule has 1 fully saturated rings. The Morgan fingerprint density at radius 2 is 1.74 bits per heavy atom. The highest BCUT2D eigenvalue weighted by Gasteiger charge is 2.43. The summed E-state index contributed by atoms with van der Waals surface area (Å²) in [6.07, 6.45) is -4.30. The number of carbonyl (C=O) groups is 2. The molecule has 1 saturated heterocycles. The smallest absolute Gasteiger partial charge is 0.390 e. The van der Waals surface area contributed by atoms with Crippen LogP contribution in [0.15, 0.2) is 65.6 Å². The maximum Gasteiger partial charge on any atom is 0.390 e. The Bertz CT molecular complexity index is 1410. The largest absolute Gasteiger partial charge is 0.497 e. The lowest BCUT2D eigenvalue weighted by atomic mass is 9.88. The molecule has 1 N–H and O–H groups in total. The van der Waals surface area contributed by atoms with Gasteiger partial charge in [-0.2, -0.15) is 13.2 Å². The predicted octanol–water partition coefficient (Wildman–Crippen LogP) is 4.95. The molecule has 2 heterocycles. The lowest BCUT2D eigenvalue weighted by molar-refractivity contribution is -0.136. The van der Waals surface area contributed by atoms with Gasteiger partial charge < -0.3 is 19.5 Å². The summed E-state index contributed by atoms with van der Waals surface area (Å²) in [7, 11) is 1.53. The number of benzene rings is 2. The standard InChI is InChI=1S/C28H27ClF3N3O4/c1-17-11-13-34(14-12-28(30,31)32)27(38)24(17)35-16-23(18-5-9-21(39-2)10-6-18)22(26(35)37)15-33-25(36)19-3-7-20(29)8-4-19/h3-11,13,22-23H,12,14-16H2,1-2H3,(H,33,36)/t22?,23-/m0/s1. The van der Waals surface area contributed by atoms with Crippen LogP contribution in [-0.4, -0.2) is 42.8 Å². The van der Waals surface area contributed by atoms with E-state index in [1.54, 1.807) is 43.3 Å². The highest BCUT2D eigenvalue weighted by molar-refractivity contribution is 6.30. The van der Waals surface area contributed by atoms with E-state index in [-0.39, 0.29) is 18.8 Å². The third-order valence-corrected chi connectivity index (χ3v) is 7.08. The minimum Gasteiger partial charge on any atom is -0.497 e. The van der Waals surface area contributed by atoms with E-state index < -0.39 is 48.4 Å². The first-order valence-electron chi connectivity index (χ1n) is 12.2. The van der Waals surface area contributed by atoms with Crippen molar-refractivity contribution >= 4 is 29.1 Å². The van der Waals surface area contributed by atoms with Crippen LogP contribution in [0.25, 0.3) is 0 Å². The van der Waals surface area contributed by atoms with Gasteiger partial charge in [-0.05, 0) is 60.5 Å². The molecule has 1 aliphatic rings. The van der Waals surface area contributed by atoms with Gasteiger partial charge in [-0.25, -0.2) is 0 Å². The monoisotopic (exact) mass is 561 g/mol. The lowest BCUT2D eigenvalue weighted by Gasteiger charge is -2.20. The Kier molecular flexibility index (Phi) is 8.34. The van der Waals surface area contributed by atoms with Gasteiger partial charge in [0.15, 0.2) is 0 Å². The number of rotatable bonds is 8. The molecule has 0 radical (unpaired) electrons. The van der Waals surface area contributed by atoms with Crippen LogP contribution < -0.4 is 20.5 Å². The van der Waals surface area contributed by atoms with Crippen molar-refractivity contribution in [2.24, 2.45) is 5.92 Å². The Labute approximate surface area is 228 Å². The van der Waals surface area contributed by atoms with E-state index in [0.29, 0.717) is 21.9 Å². The molecule has 1 aromatic heterocycles. The number of aromatic nitrogens is 1. The zero-order valence-corrected chi connectivity index (χ0v) is 22.1. The number of nitrogens with zero attached hydrogens (tertiary/aromatic N) is 2. The van der Waals surface area contributed by atoms with E-state index in [9.17, 15) is 27.6 Å². The van der Waals surface area contributed by atoms with Crippen LogP contribution in [0.5, 0.6) is 5.75 Å². The van der Waals surface area contributed by atoms with Gasteiger partial charge in [-0.3, -0.25) is 14.4 Å². The van der Waals surface area contributed by atoms with Gasteiger partial charge >= 0.3 is 6.18 Å². The minimum atomic E-state index is -4.43. The van der Waals surface area contributed by atoms with Crippen LogP contribution in [0.2, 0.25) is 5.02 Å². The third-order valence-electron chi connectivity index (χ3n) is 6.83. The zero-order valence-electron chi connectivity index (χ0n) is 21.3. The first-order chi connectivity index (χ1) is 18.5. The number of aryl methyl sites for hydroxylation is 2. The molecule has 39 heavy (non-hydrogen) atoms. The van der Waals surface area contributed by atoms with Crippen LogP contribution in [-0.2, 0) is 11.3 Å². The Hall–Kier alpha value is -3.79. The van der Waals surface area contributed by atoms with Gasteiger partial charge in [-0.1, -0.05) is 23.7 Å². The molecule has 0 aliphatic carbocycles. The molecular formula is C28H27ClF3N3O4. The highest BCUT2D eigenvalue weighted by atomic mass is 35.5. The maximum atomic E-state index is 13.7. The van der Waals surface area contributed by atoms with Gasteiger partial charge in [0, 0.05) is 42.3 Å². The molecule has 1 aliphatic heterocycles. The summed E-state index contributed by atoms with van der Waals surface area (Å²) in [5, 5.41) is 3.28. The fourth-order valence-electron chi connectivity index (χ4n) is 4.72. The van der Waals surface area contributed by atoms with E-state index in [4.69, 9.17) is 16.3 Å². The highest BCUT2D eigenvalue weighted by Crippen LogP contribution is 2.37. The van der Waals surface area contributed by atoms with Crippen molar-refractivity contribution in [3.05, 3.63) is 92.9 Å². The molecule has 2 atom stereocenters. The van der Waals surface area contributed by atoms with Gasteiger partial charge in [0.1, 0.15) is 11.4 Å². The second-order valence-electron chi connectivity index (χ2n) is 9.36. The number of pyridine rings is 1. The quantitative estimate of drug-likeness (QED) is 0.422. The number of alkyl halides is 3. The van der Waals surface area contributed by atoms with Crippen molar-refractivity contribution in [3.8, 4) is 5.75 Å². The summed E-state index contributed by atoms with van der Waals surface area (Å²) in [5.41, 5.74) is 0.995. The fourth-order valence-corrected chi connectivity index (χ4v) is 4.84. The van der Waals surface area contributed by atoms with Crippen molar-refractivity contribution in [2.75, 3.05) is 25.1 Å². The first kappa shape index (κ1) is 28.2. The molecule has 0 spiro atoms. The van der Waals surface area contributed by atoms with E-state index in [2.05, 4.69) is 5.32 Å². The normalized spacial score (nSPS) is 17.4. The average Bonchev–Trinajstić information content (AvgIpc) is 3.22. The number of halogens is 4.